The molecule has 0 saturated carbocycles. The summed E-state index contributed by atoms with van der Waals surface area (Å²) in [6, 6.07) is 16.3. The van der Waals surface area contributed by atoms with Crippen LogP contribution in [0.5, 0.6) is 0 Å². The Labute approximate surface area is 164 Å². The highest BCUT2D eigenvalue weighted by Crippen LogP contribution is 2.25. The number of urea groups is 1. The van der Waals surface area contributed by atoms with Crippen molar-refractivity contribution in [3.63, 3.8) is 0 Å². The molecule has 0 unspecified atom stereocenters. The second-order valence-electron chi connectivity index (χ2n) is 5.52. The summed E-state index contributed by atoms with van der Waals surface area (Å²) < 4.78 is 0.601. The third-order valence-electron chi connectivity index (χ3n) is 3.32. The molecule has 0 aliphatic carbocycles. The standard InChI is InChI=1S/C18H17N5O2S2/c1-12-7-9-14(10-8-12)20-16(25)21-17-22-23-18(27-17)26-11-15(24)19-13-5-3-2-4-6-13/h2-10H,11H2,1H3,(H,19,24)(H2,20,21,22,25). The van der Waals surface area contributed by atoms with Crippen molar-refractivity contribution in [2.24, 2.45) is 0 Å². The molecule has 0 atom stereocenters. The maximum Gasteiger partial charge on any atom is 0.325 e. The first kappa shape index (κ1) is 18.9. The minimum absolute atomic E-state index is 0.131. The van der Waals surface area contributed by atoms with Crippen molar-refractivity contribution in [1.29, 1.82) is 0 Å². The van der Waals surface area contributed by atoms with E-state index in [0.29, 0.717) is 15.2 Å². The highest BCUT2D eigenvalue weighted by molar-refractivity contribution is 8.01. The van der Waals surface area contributed by atoms with Crippen molar-refractivity contribution < 1.29 is 9.59 Å². The number of carbonyl (C=O) groups is 2. The zero-order valence-electron chi connectivity index (χ0n) is 14.4. The van der Waals surface area contributed by atoms with Gasteiger partial charge in [-0.25, -0.2) is 4.79 Å². The SMILES string of the molecule is Cc1ccc(NC(=O)Nc2nnc(SCC(=O)Nc3ccccc3)s2)cc1. The maximum atomic E-state index is 12.0. The average molecular weight is 400 g/mol. The van der Waals surface area contributed by atoms with Gasteiger partial charge in [0.05, 0.1) is 5.75 Å². The lowest BCUT2D eigenvalue weighted by Crippen LogP contribution is -2.19. The molecule has 1 aromatic heterocycles. The number of amides is 3. The molecule has 3 aromatic rings. The minimum atomic E-state index is -0.395. The van der Waals surface area contributed by atoms with Gasteiger partial charge in [-0.1, -0.05) is 59.0 Å². The largest absolute Gasteiger partial charge is 0.325 e. The predicted octanol–water partition coefficient (Wildman–Crippen LogP) is 4.22. The molecule has 0 saturated heterocycles. The summed E-state index contributed by atoms with van der Waals surface area (Å²) in [5.41, 5.74) is 2.55. The normalized spacial score (nSPS) is 10.3. The first-order valence-corrected chi connectivity index (χ1v) is 9.84. The highest BCUT2D eigenvalue weighted by atomic mass is 32.2. The van der Waals surface area contributed by atoms with Crippen molar-refractivity contribution in [1.82, 2.24) is 10.2 Å². The number of hydrogen-bond donors (Lipinski definition) is 3. The third-order valence-corrected chi connectivity index (χ3v) is 5.29. The molecule has 0 aliphatic heterocycles. The van der Waals surface area contributed by atoms with Gasteiger partial charge in [0.1, 0.15) is 0 Å². The molecule has 3 rings (SSSR count). The summed E-state index contributed by atoms with van der Waals surface area (Å²) in [6.07, 6.45) is 0. The molecule has 27 heavy (non-hydrogen) atoms. The molecule has 0 fully saturated rings. The lowest BCUT2D eigenvalue weighted by atomic mass is 10.2. The maximum absolute atomic E-state index is 12.0. The van der Waals surface area contributed by atoms with E-state index >= 15 is 0 Å². The first-order chi connectivity index (χ1) is 13.1. The van der Waals surface area contributed by atoms with Crippen LogP contribution in [0, 0.1) is 6.92 Å². The number of para-hydroxylation sites is 1. The Kier molecular flexibility index (Phi) is 6.39. The van der Waals surface area contributed by atoms with E-state index < -0.39 is 6.03 Å². The van der Waals surface area contributed by atoms with E-state index in [2.05, 4.69) is 26.1 Å². The zero-order chi connectivity index (χ0) is 19.1. The molecular formula is C18H17N5O2S2. The summed E-state index contributed by atoms with van der Waals surface area (Å²) in [6.45, 7) is 1.98. The van der Waals surface area contributed by atoms with E-state index in [9.17, 15) is 9.59 Å². The van der Waals surface area contributed by atoms with Crippen LogP contribution in [0.4, 0.5) is 21.3 Å². The van der Waals surface area contributed by atoms with Gasteiger partial charge in [0.2, 0.25) is 11.0 Å². The Bertz CT molecular complexity index is 913. The lowest BCUT2D eigenvalue weighted by Gasteiger charge is -2.05. The minimum Gasteiger partial charge on any atom is -0.325 e. The summed E-state index contributed by atoms with van der Waals surface area (Å²) in [4.78, 5) is 23.9. The average Bonchev–Trinajstić information content (AvgIpc) is 3.10. The molecule has 2 aromatic carbocycles. The van der Waals surface area contributed by atoms with E-state index in [0.717, 1.165) is 11.3 Å². The Morgan fingerprint density at radius 2 is 1.63 bits per heavy atom. The summed E-state index contributed by atoms with van der Waals surface area (Å²) in [5.74, 6) is 0.0760. The molecule has 3 amide bonds. The topological polar surface area (TPSA) is 96.0 Å². The van der Waals surface area contributed by atoms with Gasteiger partial charge in [0.15, 0.2) is 4.34 Å². The van der Waals surface area contributed by atoms with E-state index in [1.807, 2.05) is 61.5 Å². The van der Waals surface area contributed by atoms with E-state index in [4.69, 9.17) is 0 Å². The number of rotatable bonds is 6. The van der Waals surface area contributed by atoms with Crippen LogP contribution in [0.25, 0.3) is 0 Å². The van der Waals surface area contributed by atoms with E-state index in [1.54, 1.807) is 0 Å². The fourth-order valence-electron chi connectivity index (χ4n) is 2.06. The lowest BCUT2D eigenvalue weighted by molar-refractivity contribution is -0.113. The number of benzene rings is 2. The van der Waals surface area contributed by atoms with Crippen molar-refractivity contribution in [2.75, 3.05) is 21.7 Å². The molecule has 0 spiro atoms. The highest BCUT2D eigenvalue weighted by Gasteiger charge is 2.11. The van der Waals surface area contributed by atoms with Crippen LogP contribution in [0.3, 0.4) is 0 Å². The molecule has 7 nitrogen and oxygen atoms in total. The first-order valence-electron chi connectivity index (χ1n) is 8.04. The predicted molar refractivity (Wildman–Crippen MR) is 110 cm³/mol. The molecule has 3 N–H and O–H groups in total. The smallest absolute Gasteiger partial charge is 0.325 e. The van der Waals surface area contributed by atoms with Gasteiger partial charge in [-0.3, -0.25) is 10.1 Å². The third kappa shape index (κ3) is 6.08. The number of nitrogens with one attached hydrogen (secondary N) is 3. The number of nitrogens with zero attached hydrogens (tertiary/aromatic N) is 2. The molecule has 1 heterocycles. The van der Waals surface area contributed by atoms with Crippen molar-refractivity contribution in [3.8, 4) is 0 Å². The number of anilines is 3. The van der Waals surface area contributed by atoms with Crippen LogP contribution in [-0.2, 0) is 4.79 Å². The van der Waals surface area contributed by atoms with Crippen LogP contribution >= 0.6 is 23.1 Å². The van der Waals surface area contributed by atoms with Crippen molar-refractivity contribution in [3.05, 3.63) is 60.2 Å². The molecule has 0 radical (unpaired) electrons. The van der Waals surface area contributed by atoms with Crippen LogP contribution in [0.2, 0.25) is 0 Å². The van der Waals surface area contributed by atoms with E-state index in [1.165, 1.54) is 23.1 Å². The van der Waals surface area contributed by atoms with Gasteiger partial charge in [0.25, 0.3) is 0 Å². The molecule has 0 bridgehead atoms. The number of carbonyl (C=O) groups excluding carboxylic acids is 2. The Morgan fingerprint density at radius 1 is 0.926 bits per heavy atom. The van der Waals surface area contributed by atoms with Gasteiger partial charge in [-0.05, 0) is 31.2 Å². The number of thioether (sulfide) groups is 1. The van der Waals surface area contributed by atoms with Crippen LogP contribution in [0.1, 0.15) is 5.56 Å². The van der Waals surface area contributed by atoms with Crippen molar-refractivity contribution in [2.45, 2.75) is 11.3 Å². The summed E-state index contributed by atoms with van der Waals surface area (Å²) in [7, 11) is 0. The quantitative estimate of drug-likeness (QED) is 0.426. The monoisotopic (exact) mass is 399 g/mol. The van der Waals surface area contributed by atoms with Gasteiger partial charge >= 0.3 is 6.03 Å². The molecular weight excluding hydrogens is 382 g/mol. The molecule has 0 aliphatic rings. The fraction of sp³-hybridized carbons (Fsp3) is 0.111. The Morgan fingerprint density at radius 3 is 2.37 bits per heavy atom. The van der Waals surface area contributed by atoms with Crippen LogP contribution in [0.15, 0.2) is 58.9 Å². The molecule has 138 valence electrons. The summed E-state index contributed by atoms with van der Waals surface area (Å²) in [5, 5.41) is 16.4. The molecule has 9 heteroatoms. The van der Waals surface area contributed by atoms with Crippen LogP contribution < -0.4 is 16.0 Å². The number of aromatic nitrogens is 2. The second-order valence-corrected chi connectivity index (χ2v) is 7.72. The second kappa shape index (κ2) is 9.15. The fourth-order valence-corrected chi connectivity index (χ4v) is 3.61. The zero-order valence-corrected chi connectivity index (χ0v) is 16.1. The Balaban J connectivity index is 1.45. The number of aryl methyl sites for hydroxylation is 1. The van der Waals surface area contributed by atoms with Gasteiger partial charge in [0, 0.05) is 11.4 Å². The van der Waals surface area contributed by atoms with Crippen molar-refractivity contribution >= 4 is 51.5 Å². The summed E-state index contributed by atoms with van der Waals surface area (Å²) >= 11 is 2.47. The van der Waals surface area contributed by atoms with Gasteiger partial charge in [-0.2, -0.15) is 0 Å². The van der Waals surface area contributed by atoms with Crippen LogP contribution in [-0.4, -0.2) is 27.9 Å². The van der Waals surface area contributed by atoms with Gasteiger partial charge in [-0.15, -0.1) is 10.2 Å². The number of hydrogen-bond acceptors (Lipinski definition) is 6. The Hall–Kier alpha value is -2.91. The van der Waals surface area contributed by atoms with Gasteiger partial charge < -0.3 is 10.6 Å². The van der Waals surface area contributed by atoms with E-state index in [-0.39, 0.29) is 11.7 Å².